The monoisotopic (exact) mass is 424 g/mol. The molecule has 2 fully saturated rings. The number of sulfone groups is 1. The molecule has 0 aromatic carbocycles. The molecule has 2 aliphatic rings. The first-order valence-electron chi connectivity index (χ1n) is 9.36. The quantitative estimate of drug-likeness (QED) is 0.667. The fraction of sp³-hybridized carbons (Fsp3) is 0.611. The van der Waals surface area contributed by atoms with Crippen LogP contribution in [0.2, 0.25) is 0 Å². The summed E-state index contributed by atoms with van der Waals surface area (Å²) in [5.74, 6) is 1.38. The van der Waals surface area contributed by atoms with Crippen molar-refractivity contribution in [3.63, 3.8) is 0 Å². The predicted octanol–water partition coefficient (Wildman–Crippen LogP) is 1.66. The first kappa shape index (κ1) is 19.5. The highest BCUT2D eigenvalue weighted by Crippen LogP contribution is 2.50. The van der Waals surface area contributed by atoms with Gasteiger partial charge in [0.1, 0.15) is 9.84 Å². The number of rotatable bonds is 7. The fourth-order valence-electron chi connectivity index (χ4n) is 3.71. The number of thiophene rings is 1. The van der Waals surface area contributed by atoms with Crippen LogP contribution in [0.4, 0.5) is 0 Å². The smallest absolute Gasteiger partial charge is 0.241 e. The van der Waals surface area contributed by atoms with Crippen LogP contribution in [0.5, 0.6) is 0 Å². The van der Waals surface area contributed by atoms with Crippen LogP contribution in [-0.2, 0) is 21.2 Å². The highest BCUT2D eigenvalue weighted by atomic mass is 32.2. The van der Waals surface area contributed by atoms with Gasteiger partial charge in [0.2, 0.25) is 17.6 Å². The molecule has 4 rings (SSSR count). The van der Waals surface area contributed by atoms with E-state index in [4.69, 9.17) is 4.52 Å². The van der Waals surface area contributed by atoms with Crippen LogP contribution in [0.15, 0.2) is 22.0 Å². The fourth-order valence-corrected chi connectivity index (χ4v) is 5.86. The van der Waals surface area contributed by atoms with Crippen LogP contribution in [0.25, 0.3) is 10.7 Å². The van der Waals surface area contributed by atoms with Gasteiger partial charge in [0.25, 0.3) is 0 Å². The van der Waals surface area contributed by atoms with Crippen molar-refractivity contribution < 1.29 is 17.7 Å². The summed E-state index contributed by atoms with van der Waals surface area (Å²) in [6.45, 7) is 3.32. The van der Waals surface area contributed by atoms with Crippen LogP contribution in [0.3, 0.4) is 0 Å². The maximum atomic E-state index is 12.6. The van der Waals surface area contributed by atoms with E-state index in [2.05, 4.69) is 15.0 Å². The molecule has 1 saturated carbocycles. The summed E-state index contributed by atoms with van der Waals surface area (Å²) in [6, 6.07) is 3.91. The molecule has 1 amide bonds. The molecule has 2 aromatic heterocycles. The molecule has 0 radical (unpaired) electrons. The minimum atomic E-state index is -3.05. The van der Waals surface area contributed by atoms with Crippen LogP contribution < -0.4 is 0 Å². The molecule has 0 unspecified atom stereocenters. The molecule has 2 aromatic rings. The molecule has 1 aliphatic heterocycles. The summed E-state index contributed by atoms with van der Waals surface area (Å²) in [4.78, 5) is 22.1. The molecule has 8 nitrogen and oxygen atoms in total. The molecule has 10 heteroatoms. The number of carbonyl (C=O) groups excluding carboxylic acids is 1. The van der Waals surface area contributed by atoms with Gasteiger partial charge in [-0.3, -0.25) is 9.69 Å². The van der Waals surface area contributed by atoms with Gasteiger partial charge in [0, 0.05) is 38.9 Å². The van der Waals surface area contributed by atoms with Crippen molar-refractivity contribution in [2.45, 2.75) is 25.8 Å². The van der Waals surface area contributed by atoms with Crippen molar-refractivity contribution in [2.24, 2.45) is 5.41 Å². The largest absolute Gasteiger partial charge is 0.340 e. The van der Waals surface area contributed by atoms with Gasteiger partial charge in [-0.15, -0.1) is 11.3 Å². The normalized spacial score (nSPS) is 19.7. The first-order valence-corrected chi connectivity index (χ1v) is 12.3. The van der Waals surface area contributed by atoms with Crippen molar-refractivity contribution in [2.75, 3.05) is 38.2 Å². The predicted molar refractivity (Wildman–Crippen MR) is 105 cm³/mol. The standard InChI is InChI=1S/C18H24N4O4S2/c1-28(24,25)13-18(4-5-18)11-16(23)22-8-6-21(7-9-22)12-15-19-17(20-26-15)14-3-2-10-27-14/h2-3,10H,4-9,11-13H2,1H3. The third-order valence-electron chi connectivity index (χ3n) is 5.35. The van der Waals surface area contributed by atoms with Gasteiger partial charge in [-0.25, -0.2) is 8.42 Å². The second-order valence-electron chi connectivity index (χ2n) is 7.89. The Morgan fingerprint density at radius 2 is 2.04 bits per heavy atom. The van der Waals surface area contributed by atoms with E-state index in [1.54, 1.807) is 11.3 Å². The van der Waals surface area contributed by atoms with Gasteiger partial charge >= 0.3 is 0 Å². The van der Waals surface area contributed by atoms with E-state index in [9.17, 15) is 13.2 Å². The molecule has 3 heterocycles. The molecule has 152 valence electrons. The van der Waals surface area contributed by atoms with E-state index < -0.39 is 9.84 Å². The maximum absolute atomic E-state index is 12.6. The van der Waals surface area contributed by atoms with E-state index in [1.165, 1.54) is 6.26 Å². The Bertz CT molecular complexity index is 927. The zero-order chi connectivity index (χ0) is 19.8. The van der Waals surface area contributed by atoms with Crippen molar-refractivity contribution in [3.8, 4) is 10.7 Å². The second-order valence-corrected chi connectivity index (χ2v) is 11.0. The third kappa shape index (κ3) is 4.79. The van der Waals surface area contributed by atoms with Gasteiger partial charge in [-0.1, -0.05) is 11.2 Å². The van der Waals surface area contributed by atoms with E-state index in [0.29, 0.717) is 37.8 Å². The molecule has 1 aliphatic carbocycles. The lowest BCUT2D eigenvalue weighted by molar-refractivity contribution is -0.134. The number of piperazine rings is 1. The molecular weight excluding hydrogens is 400 g/mol. The number of nitrogens with zero attached hydrogens (tertiary/aromatic N) is 4. The van der Waals surface area contributed by atoms with Gasteiger partial charge < -0.3 is 9.42 Å². The highest BCUT2D eigenvalue weighted by Gasteiger charge is 2.47. The first-order chi connectivity index (χ1) is 13.3. The SMILES string of the molecule is CS(=O)(=O)CC1(CC(=O)N2CCN(Cc3nc(-c4cccs4)no3)CC2)CC1. The number of amides is 1. The Hall–Kier alpha value is -1.78. The topological polar surface area (TPSA) is 96.6 Å². The van der Waals surface area contributed by atoms with E-state index in [0.717, 1.165) is 30.8 Å². The minimum absolute atomic E-state index is 0.0681. The van der Waals surface area contributed by atoms with Crippen molar-refractivity contribution in [1.29, 1.82) is 0 Å². The molecular formula is C18H24N4O4S2. The summed E-state index contributed by atoms with van der Waals surface area (Å²) < 4.78 is 28.5. The zero-order valence-electron chi connectivity index (χ0n) is 15.8. The van der Waals surface area contributed by atoms with Crippen LogP contribution in [-0.4, -0.2) is 72.5 Å². The third-order valence-corrected chi connectivity index (χ3v) is 7.35. The van der Waals surface area contributed by atoms with Crippen molar-refractivity contribution in [3.05, 3.63) is 23.4 Å². The summed E-state index contributed by atoms with van der Waals surface area (Å²) in [5, 5.41) is 6.00. The highest BCUT2D eigenvalue weighted by molar-refractivity contribution is 7.90. The lowest BCUT2D eigenvalue weighted by Gasteiger charge is -2.34. The summed E-state index contributed by atoms with van der Waals surface area (Å²) in [6.07, 6.45) is 3.25. The molecule has 0 atom stereocenters. The lowest BCUT2D eigenvalue weighted by Crippen LogP contribution is -2.48. The lowest BCUT2D eigenvalue weighted by atomic mass is 10.0. The Kier molecular flexibility index (Phi) is 5.28. The zero-order valence-corrected chi connectivity index (χ0v) is 17.5. The van der Waals surface area contributed by atoms with Crippen molar-refractivity contribution >= 4 is 27.1 Å². The Balaban J connectivity index is 1.26. The number of carbonyl (C=O) groups is 1. The Morgan fingerprint density at radius 3 is 2.64 bits per heavy atom. The second kappa shape index (κ2) is 7.57. The van der Waals surface area contributed by atoms with Gasteiger partial charge in [0.15, 0.2) is 0 Å². The Morgan fingerprint density at radius 1 is 1.29 bits per heavy atom. The molecule has 0 N–H and O–H groups in total. The number of hydrogen-bond donors (Lipinski definition) is 0. The van der Waals surface area contributed by atoms with E-state index >= 15 is 0 Å². The van der Waals surface area contributed by atoms with Gasteiger partial charge in [-0.05, 0) is 29.7 Å². The van der Waals surface area contributed by atoms with Crippen molar-refractivity contribution in [1.82, 2.24) is 19.9 Å². The molecule has 28 heavy (non-hydrogen) atoms. The van der Waals surface area contributed by atoms with Gasteiger partial charge in [-0.2, -0.15) is 4.98 Å². The number of aromatic nitrogens is 2. The average Bonchev–Trinajstić information content (AvgIpc) is 3.05. The van der Waals surface area contributed by atoms with Crippen LogP contribution in [0.1, 0.15) is 25.2 Å². The molecule has 0 spiro atoms. The van der Waals surface area contributed by atoms with Crippen LogP contribution in [0, 0.1) is 5.41 Å². The molecule has 1 saturated heterocycles. The van der Waals surface area contributed by atoms with Gasteiger partial charge in [0.05, 0.1) is 17.2 Å². The summed E-state index contributed by atoms with van der Waals surface area (Å²) >= 11 is 1.57. The summed E-state index contributed by atoms with van der Waals surface area (Å²) in [7, 11) is -3.05. The Labute approximate surface area is 168 Å². The van der Waals surface area contributed by atoms with E-state index in [1.807, 2.05) is 22.4 Å². The maximum Gasteiger partial charge on any atom is 0.241 e. The average molecular weight is 425 g/mol. The minimum Gasteiger partial charge on any atom is -0.340 e. The summed E-state index contributed by atoms with van der Waals surface area (Å²) in [5.41, 5.74) is -0.316. The molecule has 0 bridgehead atoms. The van der Waals surface area contributed by atoms with Crippen LogP contribution >= 0.6 is 11.3 Å². The number of hydrogen-bond acceptors (Lipinski definition) is 8. The van der Waals surface area contributed by atoms with E-state index in [-0.39, 0.29) is 17.1 Å².